The molecule has 1 N–H and O–H groups in total. The van der Waals surface area contributed by atoms with Crippen molar-refractivity contribution in [2.45, 2.75) is 19.9 Å². The molecule has 0 aliphatic carbocycles. The van der Waals surface area contributed by atoms with Gasteiger partial charge in [0.2, 0.25) is 0 Å². The smallest absolute Gasteiger partial charge is 0.0451 e. The third kappa shape index (κ3) is 3.82. The van der Waals surface area contributed by atoms with Gasteiger partial charge in [-0.25, -0.2) is 0 Å². The largest absolute Gasteiger partial charge is 0.313 e. The molecule has 0 amide bonds. The highest BCUT2D eigenvalue weighted by molar-refractivity contribution is 9.10. The van der Waals surface area contributed by atoms with Crippen LogP contribution in [-0.4, -0.2) is 6.54 Å². The molecule has 0 heterocycles. The summed E-state index contributed by atoms with van der Waals surface area (Å²) in [7, 11) is 0. The molecule has 0 aliphatic heterocycles. The van der Waals surface area contributed by atoms with Gasteiger partial charge < -0.3 is 5.32 Å². The highest BCUT2D eigenvalue weighted by atomic mass is 79.9. The van der Waals surface area contributed by atoms with Crippen molar-refractivity contribution in [3.63, 3.8) is 0 Å². The van der Waals surface area contributed by atoms with Crippen molar-refractivity contribution >= 4 is 27.5 Å². The molecule has 100 valence electrons. The Kier molecular flexibility index (Phi) is 5.44. The normalized spacial score (nSPS) is 10.7. The van der Waals surface area contributed by atoms with E-state index in [1.54, 1.807) is 0 Å². The average Bonchev–Trinajstić information content (AvgIpc) is 2.42. The first-order valence-electron chi connectivity index (χ1n) is 6.46. The van der Waals surface area contributed by atoms with Gasteiger partial charge in [-0.3, -0.25) is 0 Å². The lowest BCUT2D eigenvalue weighted by Gasteiger charge is -2.10. The highest BCUT2D eigenvalue weighted by Gasteiger charge is 2.06. The molecule has 0 bridgehead atoms. The minimum atomic E-state index is 0.810. The van der Waals surface area contributed by atoms with E-state index in [0.717, 1.165) is 34.6 Å². The molecule has 0 spiro atoms. The van der Waals surface area contributed by atoms with Crippen LogP contribution < -0.4 is 5.32 Å². The fraction of sp³-hybridized carbons (Fsp3) is 0.250. The first kappa shape index (κ1) is 14.6. The Morgan fingerprint density at radius 1 is 1.16 bits per heavy atom. The first-order chi connectivity index (χ1) is 9.22. The number of nitrogens with one attached hydrogen (secondary N) is 1. The number of halogens is 2. The van der Waals surface area contributed by atoms with E-state index < -0.39 is 0 Å². The lowest BCUT2D eigenvalue weighted by Crippen LogP contribution is -2.14. The topological polar surface area (TPSA) is 12.0 Å². The van der Waals surface area contributed by atoms with E-state index in [9.17, 15) is 0 Å². The van der Waals surface area contributed by atoms with E-state index in [2.05, 4.69) is 52.4 Å². The first-order valence-corrected chi connectivity index (χ1v) is 7.63. The molecule has 2 aromatic rings. The molecule has 0 aromatic heterocycles. The van der Waals surface area contributed by atoms with E-state index in [4.69, 9.17) is 11.6 Å². The number of hydrogen-bond acceptors (Lipinski definition) is 1. The van der Waals surface area contributed by atoms with Gasteiger partial charge in [0.05, 0.1) is 0 Å². The van der Waals surface area contributed by atoms with E-state index in [1.165, 1.54) is 11.1 Å². The van der Waals surface area contributed by atoms with Gasteiger partial charge in [-0.15, -0.1) is 0 Å². The molecule has 1 nitrogen and oxygen atoms in total. The third-order valence-corrected chi connectivity index (χ3v) is 4.03. The standard InChI is InChI=1S/C16H17BrClN/c1-2-9-19-11-13-10-12(7-8-16(13)18)14-5-3-4-6-15(14)17/h3-8,10,19H,2,9,11H2,1H3. The molecule has 2 rings (SSSR count). The quantitative estimate of drug-likeness (QED) is 0.732. The molecule has 0 saturated heterocycles. The van der Waals surface area contributed by atoms with Gasteiger partial charge in [0.1, 0.15) is 0 Å². The Morgan fingerprint density at radius 2 is 1.95 bits per heavy atom. The Labute approximate surface area is 128 Å². The van der Waals surface area contributed by atoms with E-state index in [-0.39, 0.29) is 0 Å². The zero-order valence-corrected chi connectivity index (χ0v) is 13.3. The molecule has 0 radical (unpaired) electrons. The van der Waals surface area contributed by atoms with Crippen LogP contribution >= 0.6 is 27.5 Å². The molecule has 0 unspecified atom stereocenters. The summed E-state index contributed by atoms with van der Waals surface area (Å²) in [6, 6.07) is 14.4. The fourth-order valence-corrected chi connectivity index (χ4v) is 2.67. The molecule has 0 aliphatic rings. The zero-order chi connectivity index (χ0) is 13.7. The molecule has 0 atom stereocenters. The monoisotopic (exact) mass is 337 g/mol. The lowest BCUT2D eigenvalue weighted by molar-refractivity contribution is 0.676. The van der Waals surface area contributed by atoms with Crippen molar-refractivity contribution < 1.29 is 0 Å². The summed E-state index contributed by atoms with van der Waals surface area (Å²) in [4.78, 5) is 0. The summed E-state index contributed by atoms with van der Waals surface area (Å²) >= 11 is 9.84. The summed E-state index contributed by atoms with van der Waals surface area (Å²) in [5, 5.41) is 4.21. The predicted octanol–water partition coefficient (Wildman–Crippen LogP) is 5.27. The third-order valence-electron chi connectivity index (χ3n) is 2.97. The van der Waals surface area contributed by atoms with Crippen LogP contribution in [0.2, 0.25) is 5.02 Å². The number of benzene rings is 2. The fourth-order valence-electron chi connectivity index (χ4n) is 1.97. The summed E-state index contributed by atoms with van der Waals surface area (Å²) in [6.45, 7) is 3.98. The van der Waals surface area contributed by atoms with Crippen molar-refractivity contribution in [1.29, 1.82) is 0 Å². The Balaban J connectivity index is 2.28. The zero-order valence-electron chi connectivity index (χ0n) is 10.9. The van der Waals surface area contributed by atoms with Gasteiger partial charge in [-0.1, -0.05) is 58.7 Å². The molecule has 3 heteroatoms. The van der Waals surface area contributed by atoms with Gasteiger partial charge in [0.15, 0.2) is 0 Å². The van der Waals surface area contributed by atoms with Crippen LogP contribution in [0.3, 0.4) is 0 Å². The van der Waals surface area contributed by atoms with Crippen LogP contribution in [0.1, 0.15) is 18.9 Å². The van der Waals surface area contributed by atoms with Gasteiger partial charge >= 0.3 is 0 Å². The minimum absolute atomic E-state index is 0.810. The van der Waals surface area contributed by atoms with Gasteiger partial charge in [-0.2, -0.15) is 0 Å². The molecular weight excluding hydrogens is 322 g/mol. The van der Waals surface area contributed by atoms with Crippen LogP contribution in [0.15, 0.2) is 46.9 Å². The summed E-state index contributed by atoms with van der Waals surface area (Å²) in [5.74, 6) is 0. The Morgan fingerprint density at radius 3 is 2.68 bits per heavy atom. The molecule has 2 aromatic carbocycles. The maximum atomic E-state index is 6.25. The molecular formula is C16H17BrClN. The van der Waals surface area contributed by atoms with Crippen molar-refractivity contribution in [1.82, 2.24) is 5.32 Å². The summed E-state index contributed by atoms with van der Waals surface area (Å²) in [5.41, 5.74) is 3.52. The molecule has 0 saturated carbocycles. The van der Waals surface area contributed by atoms with E-state index in [0.29, 0.717) is 0 Å². The van der Waals surface area contributed by atoms with Crippen LogP contribution in [0.4, 0.5) is 0 Å². The summed E-state index contributed by atoms with van der Waals surface area (Å²) < 4.78 is 1.10. The van der Waals surface area contributed by atoms with Crippen molar-refractivity contribution in [2.24, 2.45) is 0 Å². The minimum Gasteiger partial charge on any atom is -0.313 e. The second-order valence-electron chi connectivity index (χ2n) is 4.46. The van der Waals surface area contributed by atoms with Crippen LogP contribution in [0, 0.1) is 0 Å². The maximum Gasteiger partial charge on any atom is 0.0451 e. The number of hydrogen-bond donors (Lipinski definition) is 1. The van der Waals surface area contributed by atoms with Gasteiger partial charge in [0.25, 0.3) is 0 Å². The second-order valence-corrected chi connectivity index (χ2v) is 5.72. The van der Waals surface area contributed by atoms with Gasteiger partial charge in [0, 0.05) is 16.0 Å². The van der Waals surface area contributed by atoms with E-state index in [1.807, 2.05) is 18.2 Å². The maximum absolute atomic E-state index is 6.25. The number of rotatable bonds is 5. The van der Waals surface area contributed by atoms with Crippen molar-refractivity contribution in [3.05, 3.63) is 57.5 Å². The summed E-state index contributed by atoms with van der Waals surface area (Å²) in [6.07, 6.45) is 1.13. The Bertz CT molecular complexity index is 554. The molecule has 0 fully saturated rings. The molecule has 19 heavy (non-hydrogen) atoms. The predicted molar refractivity (Wildman–Crippen MR) is 86.6 cm³/mol. The van der Waals surface area contributed by atoms with Crippen LogP contribution in [-0.2, 0) is 6.54 Å². The second kappa shape index (κ2) is 7.09. The van der Waals surface area contributed by atoms with Crippen LogP contribution in [0.25, 0.3) is 11.1 Å². The van der Waals surface area contributed by atoms with Crippen LogP contribution in [0.5, 0.6) is 0 Å². The lowest BCUT2D eigenvalue weighted by atomic mass is 10.0. The van der Waals surface area contributed by atoms with Crippen molar-refractivity contribution in [3.8, 4) is 11.1 Å². The van der Waals surface area contributed by atoms with Crippen molar-refractivity contribution in [2.75, 3.05) is 6.54 Å². The average molecular weight is 339 g/mol. The highest BCUT2D eigenvalue weighted by Crippen LogP contribution is 2.30. The SMILES string of the molecule is CCCNCc1cc(-c2ccccc2Br)ccc1Cl. The van der Waals surface area contributed by atoms with Gasteiger partial charge in [-0.05, 0) is 47.9 Å². The van der Waals surface area contributed by atoms with E-state index >= 15 is 0 Å². The Hall–Kier alpha value is -0.830.